The number of carbonyl (C=O) groups is 3. The van der Waals surface area contributed by atoms with E-state index in [9.17, 15) is 18.8 Å². The predicted molar refractivity (Wildman–Crippen MR) is 113 cm³/mol. The van der Waals surface area contributed by atoms with Gasteiger partial charge in [0.1, 0.15) is 11.6 Å². The molecule has 0 aromatic heterocycles. The van der Waals surface area contributed by atoms with Crippen molar-refractivity contribution >= 4 is 56.5 Å². The standard InChI is InChI=1S/C20H16BrFN2O4S/c1-2-24-19(26)17(29-20(24)27)10-12-3-8-16(15(21)9-12)28-11-18(25)23-14-6-4-13(22)5-7-14/h3-10H,2,11H2,1H3,(H,23,25). The SMILES string of the molecule is CCN1C(=O)SC(=Cc2ccc(OCC(=O)Nc3ccc(F)cc3)c(Br)c2)C1=O. The molecule has 2 aromatic rings. The van der Waals surface area contributed by atoms with E-state index in [2.05, 4.69) is 21.2 Å². The van der Waals surface area contributed by atoms with Gasteiger partial charge in [-0.05, 0) is 82.7 Å². The molecule has 3 rings (SSSR count). The smallest absolute Gasteiger partial charge is 0.293 e. The summed E-state index contributed by atoms with van der Waals surface area (Å²) in [4.78, 5) is 37.5. The van der Waals surface area contributed by atoms with Crippen LogP contribution in [0.2, 0.25) is 0 Å². The molecule has 6 nitrogen and oxygen atoms in total. The molecule has 150 valence electrons. The summed E-state index contributed by atoms with van der Waals surface area (Å²) in [6.07, 6.45) is 1.64. The Kier molecular flexibility index (Phi) is 6.71. The maximum atomic E-state index is 12.9. The fourth-order valence-corrected chi connectivity index (χ4v) is 3.94. The van der Waals surface area contributed by atoms with E-state index >= 15 is 0 Å². The number of hydrogen-bond donors (Lipinski definition) is 1. The van der Waals surface area contributed by atoms with Crippen LogP contribution in [0.1, 0.15) is 12.5 Å². The van der Waals surface area contributed by atoms with Gasteiger partial charge in [0, 0.05) is 12.2 Å². The summed E-state index contributed by atoms with van der Waals surface area (Å²) in [6, 6.07) is 10.5. The lowest BCUT2D eigenvalue weighted by Crippen LogP contribution is -2.27. The summed E-state index contributed by atoms with van der Waals surface area (Å²) in [5, 5.41) is 2.32. The highest BCUT2D eigenvalue weighted by Crippen LogP contribution is 2.33. The number of imide groups is 1. The summed E-state index contributed by atoms with van der Waals surface area (Å²) in [7, 11) is 0. The first-order valence-corrected chi connectivity index (χ1v) is 10.2. The number of carbonyl (C=O) groups excluding carboxylic acids is 3. The van der Waals surface area contributed by atoms with Gasteiger partial charge in [-0.3, -0.25) is 19.3 Å². The van der Waals surface area contributed by atoms with E-state index in [0.717, 1.165) is 11.8 Å². The first-order chi connectivity index (χ1) is 13.9. The van der Waals surface area contributed by atoms with Gasteiger partial charge < -0.3 is 10.1 Å². The Balaban J connectivity index is 1.62. The van der Waals surface area contributed by atoms with Crippen LogP contribution in [0, 0.1) is 5.82 Å². The molecule has 0 saturated carbocycles. The molecule has 1 aliphatic heterocycles. The Morgan fingerprint density at radius 2 is 1.97 bits per heavy atom. The van der Waals surface area contributed by atoms with E-state index < -0.39 is 0 Å². The Morgan fingerprint density at radius 3 is 2.59 bits per heavy atom. The Morgan fingerprint density at radius 1 is 1.24 bits per heavy atom. The minimum atomic E-state index is -0.388. The minimum absolute atomic E-state index is 0.231. The molecule has 3 amide bonds. The zero-order chi connectivity index (χ0) is 21.0. The van der Waals surface area contributed by atoms with E-state index in [-0.39, 0.29) is 29.5 Å². The van der Waals surface area contributed by atoms with Crippen molar-refractivity contribution in [2.75, 3.05) is 18.5 Å². The van der Waals surface area contributed by atoms with Gasteiger partial charge in [-0.25, -0.2) is 4.39 Å². The van der Waals surface area contributed by atoms with Crippen molar-refractivity contribution in [1.82, 2.24) is 4.90 Å². The number of rotatable bonds is 6. The van der Waals surface area contributed by atoms with Crippen molar-refractivity contribution in [2.24, 2.45) is 0 Å². The van der Waals surface area contributed by atoms with Crippen LogP contribution in [0.3, 0.4) is 0 Å². The Labute approximate surface area is 179 Å². The lowest BCUT2D eigenvalue weighted by atomic mass is 10.2. The van der Waals surface area contributed by atoms with Crippen LogP contribution >= 0.6 is 27.7 Å². The number of hydrogen-bond acceptors (Lipinski definition) is 5. The van der Waals surface area contributed by atoms with Crippen LogP contribution in [-0.4, -0.2) is 35.1 Å². The van der Waals surface area contributed by atoms with E-state index in [1.807, 2.05) is 0 Å². The quantitative estimate of drug-likeness (QED) is 0.610. The fraction of sp³-hybridized carbons (Fsp3) is 0.150. The van der Waals surface area contributed by atoms with Crippen molar-refractivity contribution in [3.63, 3.8) is 0 Å². The normalized spacial score (nSPS) is 15.1. The van der Waals surface area contributed by atoms with Crippen molar-refractivity contribution < 1.29 is 23.5 Å². The highest BCUT2D eigenvalue weighted by Gasteiger charge is 2.33. The zero-order valence-corrected chi connectivity index (χ0v) is 17.7. The van der Waals surface area contributed by atoms with E-state index in [4.69, 9.17) is 4.74 Å². The van der Waals surface area contributed by atoms with Crippen molar-refractivity contribution in [2.45, 2.75) is 6.92 Å². The number of anilines is 1. The molecule has 1 heterocycles. The molecule has 0 unspecified atom stereocenters. The van der Waals surface area contributed by atoms with E-state index in [1.54, 1.807) is 31.2 Å². The van der Waals surface area contributed by atoms with Gasteiger partial charge in [-0.15, -0.1) is 0 Å². The van der Waals surface area contributed by atoms with Gasteiger partial charge in [0.05, 0.1) is 9.38 Å². The average molecular weight is 479 g/mol. The van der Waals surface area contributed by atoms with Gasteiger partial charge in [0.25, 0.3) is 17.1 Å². The van der Waals surface area contributed by atoms with E-state index in [0.29, 0.717) is 32.9 Å². The molecule has 0 aliphatic carbocycles. The maximum Gasteiger partial charge on any atom is 0.293 e. The van der Waals surface area contributed by atoms with Crippen molar-refractivity contribution in [3.8, 4) is 5.75 Å². The number of halogens is 2. The number of amides is 3. The number of thioether (sulfide) groups is 1. The monoisotopic (exact) mass is 478 g/mol. The predicted octanol–water partition coefficient (Wildman–Crippen LogP) is 4.66. The number of nitrogens with zero attached hydrogens (tertiary/aromatic N) is 1. The molecule has 1 N–H and O–H groups in total. The average Bonchev–Trinajstić information content (AvgIpc) is 2.95. The molecule has 0 spiro atoms. The largest absolute Gasteiger partial charge is 0.483 e. The molecule has 2 aromatic carbocycles. The van der Waals surface area contributed by atoms with Crippen LogP contribution in [-0.2, 0) is 9.59 Å². The zero-order valence-electron chi connectivity index (χ0n) is 15.3. The molecule has 0 bridgehead atoms. The second-order valence-corrected chi connectivity index (χ2v) is 7.81. The van der Waals surface area contributed by atoms with E-state index in [1.165, 1.54) is 29.2 Å². The molecule has 1 saturated heterocycles. The highest BCUT2D eigenvalue weighted by molar-refractivity contribution is 9.10. The van der Waals surface area contributed by atoms with Crippen LogP contribution in [0.5, 0.6) is 5.75 Å². The lowest BCUT2D eigenvalue weighted by Gasteiger charge is -2.10. The third-order valence-electron chi connectivity index (χ3n) is 3.93. The highest BCUT2D eigenvalue weighted by atomic mass is 79.9. The van der Waals surface area contributed by atoms with Crippen LogP contribution < -0.4 is 10.1 Å². The molecule has 1 aliphatic rings. The van der Waals surface area contributed by atoms with Crippen molar-refractivity contribution in [1.29, 1.82) is 0 Å². The summed E-state index contributed by atoms with van der Waals surface area (Å²) in [6.45, 7) is 1.84. The van der Waals surface area contributed by atoms with Gasteiger partial charge >= 0.3 is 0 Å². The molecule has 0 atom stereocenters. The summed E-state index contributed by atoms with van der Waals surface area (Å²) in [5.41, 5.74) is 1.18. The first-order valence-electron chi connectivity index (χ1n) is 8.60. The molecule has 29 heavy (non-hydrogen) atoms. The number of ether oxygens (including phenoxy) is 1. The minimum Gasteiger partial charge on any atom is -0.483 e. The number of benzene rings is 2. The van der Waals surface area contributed by atoms with Crippen LogP contribution in [0.4, 0.5) is 14.9 Å². The molecule has 1 fully saturated rings. The van der Waals surface area contributed by atoms with Crippen molar-refractivity contribution in [3.05, 3.63) is 63.2 Å². The first kappa shape index (κ1) is 21.1. The van der Waals surface area contributed by atoms with Crippen LogP contribution in [0.15, 0.2) is 51.8 Å². The molecule has 0 radical (unpaired) electrons. The van der Waals surface area contributed by atoms with Gasteiger partial charge in [-0.2, -0.15) is 0 Å². The third-order valence-corrected chi connectivity index (χ3v) is 5.46. The number of likely N-dealkylation sites (N-methyl/N-ethyl adjacent to an activating group) is 1. The third kappa shape index (κ3) is 5.24. The van der Waals surface area contributed by atoms with Gasteiger partial charge in [-0.1, -0.05) is 6.07 Å². The summed E-state index contributed by atoms with van der Waals surface area (Å²) in [5.74, 6) is -0.641. The van der Waals surface area contributed by atoms with Crippen LogP contribution in [0.25, 0.3) is 6.08 Å². The summed E-state index contributed by atoms with van der Waals surface area (Å²) >= 11 is 4.28. The van der Waals surface area contributed by atoms with Gasteiger partial charge in [0.15, 0.2) is 6.61 Å². The number of nitrogens with one attached hydrogen (secondary N) is 1. The second-order valence-electron chi connectivity index (χ2n) is 5.96. The fourth-order valence-electron chi connectivity index (χ4n) is 2.52. The van der Waals surface area contributed by atoms with Gasteiger partial charge in [0.2, 0.25) is 0 Å². The Bertz CT molecular complexity index is 994. The maximum absolute atomic E-state index is 12.9. The molecular formula is C20H16BrFN2O4S. The lowest BCUT2D eigenvalue weighted by molar-refractivity contribution is -0.122. The topological polar surface area (TPSA) is 75.7 Å². The Hall–Kier alpha value is -2.65. The molecular weight excluding hydrogens is 463 g/mol. The second kappa shape index (κ2) is 9.23. The summed E-state index contributed by atoms with van der Waals surface area (Å²) < 4.78 is 19.0. The molecule has 9 heteroatoms.